The van der Waals surface area contributed by atoms with Gasteiger partial charge in [-0.3, -0.25) is 9.59 Å². The average molecular weight is 669 g/mol. The van der Waals surface area contributed by atoms with Crippen molar-refractivity contribution in [2.75, 3.05) is 47.4 Å². The van der Waals surface area contributed by atoms with Crippen LogP contribution in [0.2, 0.25) is 0 Å². The summed E-state index contributed by atoms with van der Waals surface area (Å²) >= 11 is 0. The second-order valence-electron chi connectivity index (χ2n) is 15.1. The topological polar surface area (TPSA) is 148 Å². The van der Waals surface area contributed by atoms with Crippen molar-refractivity contribution in [1.82, 2.24) is 20.4 Å². The van der Waals surface area contributed by atoms with E-state index in [-0.39, 0.29) is 29.9 Å². The molecule has 1 amide bonds. The molecule has 4 aliphatic rings. The Morgan fingerprint density at radius 2 is 1.79 bits per heavy atom. The van der Waals surface area contributed by atoms with Gasteiger partial charge in [-0.05, 0) is 93.0 Å². The van der Waals surface area contributed by atoms with Gasteiger partial charge in [0.15, 0.2) is 17.7 Å². The number of nitrogens with zero attached hydrogens (tertiary/aromatic N) is 2. The Balaban J connectivity index is 1.68. The van der Waals surface area contributed by atoms with E-state index in [1.54, 1.807) is 21.0 Å². The molecule has 4 aliphatic heterocycles. The molecule has 0 aromatic carbocycles. The van der Waals surface area contributed by atoms with Gasteiger partial charge < -0.3 is 49.2 Å². The first-order chi connectivity index (χ1) is 22.0. The predicted octanol–water partition coefficient (Wildman–Crippen LogP) is 1.94. The lowest BCUT2D eigenvalue weighted by molar-refractivity contribution is -0.299. The fourth-order valence-electron chi connectivity index (χ4n) is 7.99. The Morgan fingerprint density at radius 1 is 1.11 bits per heavy atom. The maximum Gasteiger partial charge on any atom is 0.408 e. The molecule has 0 saturated carbocycles. The predicted molar refractivity (Wildman–Crippen MR) is 175 cm³/mol. The highest BCUT2D eigenvalue weighted by Crippen LogP contribution is 2.38. The minimum atomic E-state index is -1.15. The minimum Gasteiger partial charge on any atom is -0.458 e. The second kappa shape index (κ2) is 15.3. The molecule has 0 aliphatic carbocycles. The third kappa shape index (κ3) is 8.13. The van der Waals surface area contributed by atoms with E-state index in [0.29, 0.717) is 25.8 Å². The van der Waals surface area contributed by atoms with Crippen LogP contribution < -0.4 is 10.6 Å². The lowest BCUT2D eigenvalue weighted by Gasteiger charge is -2.48. The first kappa shape index (κ1) is 37.9. The second-order valence-corrected chi connectivity index (χ2v) is 15.1. The van der Waals surface area contributed by atoms with Crippen molar-refractivity contribution in [1.29, 1.82) is 0 Å². The van der Waals surface area contributed by atoms with Crippen LogP contribution in [0.3, 0.4) is 0 Å². The summed E-state index contributed by atoms with van der Waals surface area (Å²) < 4.78 is 31.1. The normalized spacial score (nSPS) is 44.4. The SMILES string of the molecule is CC[C@H]1OC(=O)C(C)C(=O)[C@H](C)[C@@H](OC2OC(CN3CCC3)CC(N(C)C)C2O)[C@](C)(OC)C[C@@H](C)CN[C@H](C)[C@H]2NC(=O)O[C@@]21C. The monoisotopic (exact) mass is 668 g/mol. The number of methoxy groups -OCH3 is 1. The van der Waals surface area contributed by atoms with Gasteiger partial charge in [0.1, 0.15) is 18.1 Å². The summed E-state index contributed by atoms with van der Waals surface area (Å²) in [5, 5.41) is 18.0. The number of likely N-dealkylation sites (N-methyl/N-ethyl adjacent to an activating group) is 1. The van der Waals surface area contributed by atoms with E-state index in [1.807, 2.05) is 39.8 Å². The molecule has 0 aromatic rings. The van der Waals surface area contributed by atoms with E-state index in [4.69, 9.17) is 23.7 Å². The molecule has 5 unspecified atom stereocenters. The van der Waals surface area contributed by atoms with Gasteiger partial charge in [-0.1, -0.05) is 20.8 Å². The summed E-state index contributed by atoms with van der Waals surface area (Å²) in [5.74, 6) is -3.00. The molecule has 4 rings (SSSR count). The summed E-state index contributed by atoms with van der Waals surface area (Å²) in [7, 11) is 5.46. The van der Waals surface area contributed by atoms with Gasteiger partial charge in [0, 0.05) is 31.7 Å². The molecular weight excluding hydrogens is 608 g/mol. The van der Waals surface area contributed by atoms with Crippen LogP contribution in [0.5, 0.6) is 0 Å². The Kier molecular flexibility index (Phi) is 12.4. The van der Waals surface area contributed by atoms with Crippen molar-refractivity contribution in [3.8, 4) is 0 Å². The number of ketones is 1. The highest BCUT2D eigenvalue weighted by molar-refractivity contribution is 6.00. The number of Topliss-reactive ketones (excluding diaryl/α,β-unsaturated/α-hetero) is 1. The molecule has 13 atom stereocenters. The number of amides is 1. The van der Waals surface area contributed by atoms with Gasteiger partial charge in [0.25, 0.3) is 0 Å². The van der Waals surface area contributed by atoms with Crippen molar-refractivity contribution in [3.63, 3.8) is 0 Å². The fraction of sp³-hybridized carbons (Fsp3) is 0.912. The highest BCUT2D eigenvalue weighted by atomic mass is 16.7. The number of aliphatic hydroxyl groups is 1. The summed E-state index contributed by atoms with van der Waals surface area (Å²) in [6, 6.07) is -0.934. The summed E-state index contributed by atoms with van der Waals surface area (Å²) in [6.45, 7) is 16.2. The zero-order valence-electron chi connectivity index (χ0n) is 30.1. The van der Waals surface area contributed by atoms with Gasteiger partial charge in [-0.15, -0.1) is 0 Å². The standard InChI is InChI=1S/C34H60N4O9/c1-11-25-34(7)28(36-32(42)47-34)22(5)35-17-19(2)16-33(6,43-10)29(20(3)26(39)21(4)30(41)45-25)46-31-27(40)24(37(8)9)15-23(44-31)18-38-13-12-14-38/h19-25,27-29,31,35,40H,11-18H2,1-10H3,(H,36,42)/t19-,20+,21?,22-,23?,24?,25-,27?,28-,29-,31?,33-,34-/m1/s1. The molecule has 0 radical (unpaired) electrons. The Bertz CT molecular complexity index is 1110. The molecule has 4 saturated heterocycles. The minimum absolute atomic E-state index is 0.0355. The van der Waals surface area contributed by atoms with Gasteiger partial charge in [0.05, 0.1) is 23.9 Å². The number of likely N-dealkylation sites (tertiary alicyclic amines) is 1. The zero-order valence-corrected chi connectivity index (χ0v) is 30.1. The van der Waals surface area contributed by atoms with E-state index >= 15 is 0 Å². The first-order valence-electron chi connectivity index (χ1n) is 17.4. The largest absolute Gasteiger partial charge is 0.458 e. The fourth-order valence-corrected chi connectivity index (χ4v) is 7.99. The highest BCUT2D eigenvalue weighted by Gasteiger charge is 2.55. The molecule has 270 valence electrons. The quantitative estimate of drug-likeness (QED) is 0.269. The van der Waals surface area contributed by atoms with Gasteiger partial charge in [0.2, 0.25) is 0 Å². The summed E-state index contributed by atoms with van der Waals surface area (Å²) in [6.07, 6.45) is -1.70. The summed E-state index contributed by atoms with van der Waals surface area (Å²) in [4.78, 5) is 44.6. The number of hydrogen-bond acceptors (Lipinski definition) is 12. The smallest absolute Gasteiger partial charge is 0.408 e. The molecule has 0 bridgehead atoms. The number of carbonyl (C=O) groups is 3. The number of nitrogens with one attached hydrogen (secondary N) is 2. The molecule has 0 spiro atoms. The Labute approximate surface area is 280 Å². The van der Waals surface area contributed by atoms with E-state index in [2.05, 4.69) is 22.5 Å². The number of fused-ring (bicyclic) bond motifs is 1. The van der Waals surface area contributed by atoms with Crippen molar-refractivity contribution in [2.24, 2.45) is 17.8 Å². The maximum atomic E-state index is 14.2. The number of alkyl carbamates (subject to hydrolysis) is 1. The van der Waals surface area contributed by atoms with Gasteiger partial charge >= 0.3 is 12.1 Å². The van der Waals surface area contributed by atoms with Crippen LogP contribution in [0.25, 0.3) is 0 Å². The van der Waals surface area contributed by atoms with E-state index in [1.165, 1.54) is 6.92 Å². The summed E-state index contributed by atoms with van der Waals surface area (Å²) in [5.41, 5.74) is -2.15. The molecule has 0 aromatic heterocycles. The molecule has 47 heavy (non-hydrogen) atoms. The molecule has 3 N–H and O–H groups in total. The van der Waals surface area contributed by atoms with E-state index in [9.17, 15) is 19.5 Å². The lowest BCUT2D eigenvalue weighted by atomic mass is 9.78. The third-order valence-corrected chi connectivity index (χ3v) is 11.1. The first-order valence-corrected chi connectivity index (χ1v) is 17.4. The van der Waals surface area contributed by atoms with Crippen LogP contribution in [0.15, 0.2) is 0 Å². The van der Waals surface area contributed by atoms with Crippen LogP contribution in [-0.4, -0.2) is 140 Å². The Morgan fingerprint density at radius 3 is 2.36 bits per heavy atom. The molecular formula is C34H60N4O9. The Hall–Kier alpha value is -1.87. The molecule has 4 heterocycles. The number of esters is 1. The average Bonchev–Trinajstić information content (AvgIpc) is 3.32. The maximum absolute atomic E-state index is 14.2. The van der Waals surface area contributed by atoms with Crippen molar-refractivity contribution < 1.29 is 43.2 Å². The molecule has 13 nitrogen and oxygen atoms in total. The van der Waals surface area contributed by atoms with Gasteiger partial charge in [-0.25, -0.2) is 4.79 Å². The lowest BCUT2D eigenvalue weighted by Crippen LogP contribution is -2.60. The van der Waals surface area contributed by atoms with Crippen LogP contribution in [0.4, 0.5) is 4.79 Å². The van der Waals surface area contributed by atoms with Crippen LogP contribution >= 0.6 is 0 Å². The number of carbonyl (C=O) groups excluding carboxylic acids is 3. The number of ether oxygens (including phenoxy) is 5. The van der Waals surface area contributed by atoms with Crippen molar-refractivity contribution in [2.45, 2.75) is 134 Å². The number of hydrogen-bond donors (Lipinski definition) is 3. The van der Waals surface area contributed by atoms with Crippen molar-refractivity contribution in [3.05, 3.63) is 0 Å². The zero-order chi connectivity index (χ0) is 34.8. The number of aliphatic hydroxyl groups excluding tert-OH is 1. The van der Waals surface area contributed by atoms with Crippen molar-refractivity contribution >= 4 is 17.8 Å². The van der Waals surface area contributed by atoms with E-state index < -0.39 is 65.7 Å². The molecule has 13 heteroatoms. The third-order valence-electron chi connectivity index (χ3n) is 11.1. The van der Waals surface area contributed by atoms with Gasteiger partial charge in [-0.2, -0.15) is 0 Å². The molecule has 4 fully saturated rings. The van der Waals surface area contributed by atoms with Crippen LogP contribution in [-0.2, 0) is 33.3 Å². The van der Waals surface area contributed by atoms with E-state index in [0.717, 1.165) is 26.1 Å². The van der Waals surface area contributed by atoms with Crippen LogP contribution in [0, 0.1) is 17.8 Å². The van der Waals surface area contributed by atoms with Crippen LogP contribution in [0.1, 0.15) is 74.1 Å². The number of rotatable bonds is 7. The number of cyclic esters (lactones) is 1.